The van der Waals surface area contributed by atoms with Gasteiger partial charge in [-0.2, -0.15) is 0 Å². The van der Waals surface area contributed by atoms with Crippen LogP contribution in [-0.4, -0.2) is 15.9 Å². The summed E-state index contributed by atoms with van der Waals surface area (Å²) >= 11 is 0. The molecule has 0 saturated heterocycles. The molecule has 0 bridgehead atoms. The van der Waals surface area contributed by atoms with Crippen LogP contribution in [0.5, 0.6) is 0 Å². The third kappa shape index (κ3) is 3.14. The summed E-state index contributed by atoms with van der Waals surface area (Å²) in [4.78, 5) is 19.4. The summed E-state index contributed by atoms with van der Waals surface area (Å²) in [6, 6.07) is 12.1. The van der Waals surface area contributed by atoms with Gasteiger partial charge in [-0.1, -0.05) is 24.3 Å². The van der Waals surface area contributed by atoms with Crippen LogP contribution in [0.25, 0.3) is 11.0 Å². The second kappa shape index (κ2) is 5.97. The number of aryl methyl sites for hydroxylation is 1. The van der Waals surface area contributed by atoms with Gasteiger partial charge in [-0.15, -0.1) is 0 Å². The van der Waals surface area contributed by atoms with E-state index in [0.29, 0.717) is 5.56 Å². The number of benzene rings is 2. The van der Waals surface area contributed by atoms with E-state index in [1.807, 2.05) is 25.1 Å². The number of carbonyl (C=O) groups is 1. The Morgan fingerprint density at radius 1 is 1.27 bits per heavy atom. The number of imidazole rings is 1. The maximum atomic E-state index is 13.5. The number of halogens is 1. The summed E-state index contributed by atoms with van der Waals surface area (Å²) in [5, 5.41) is 2.74. The lowest BCUT2D eigenvalue weighted by Gasteiger charge is -2.06. The third-order valence-corrected chi connectivity index (χ3v) is 3.46. The van der Waals surface area contributed by atoms with Crippen LogP contribution in [0.2, 0.25) is 0 Å². The Morgan fingerprint density at radius 2 is 2.09 bits per heavy atom. The van der Waals surface area contributed by atoms with E-state index in [4.69, 9.17) is 0 Å². The Balaban J connectivity index is 1.64. The summed E-state index contributed by atoms with van der Waals surface area (Å²) in [5.74, 6) is 0.396. The van der Waals surface area contributed by atoms with Crippen LogP contribution < -0.4 is 5.32 Å². The fourth-order valence-corrected chi connectivity index (χ4v) is 2.38. The summed E-state index contributed by atoms with van der Waals surface area (Å²) in [6.45, 7) is 2.08. The largest absolute Gasteiger partial charge is 0.352 e. The van der Waals surface area contributed by atoms with E-state index < -0.39 is 0 Å². The third-order valence-electron chi connectivity index (χ3n) is 3.46. The van der Waals surface area contributed by atoms with E-state index in [9.17, 15) is 9.18 Å². The molecule has 2 aromatic carbocycles. The summed E-state index contributed by atoms with van der Waals surface area (Å²) in [7, 11) is 0. The Bertz CT molecular complexity index is 826. The Morgan fingerprint density at radius 3 is 2.91 bits per heavy atom. The van der Waals surface area contributed by atoms with Gasteiger partial charge in [-0.05, 0) is 30.7 Å². The highest BCUT2D eigenvalue weighted by Gasteiger charge is 2.07. The molecular formula is C17H16FN3O. The second-order valence-electron chi connectivity index (χ2n) is 5.22. The van der Waals surface area contributed by atoms with Crippen molar-refractivity contribution in [2.45, 2.75) is 19.9 Å². The molecule has 0 aliphatic heterocycles. The zero-order valence-corrected chi connectivity index (χ0v) is 12.2. The van der Waals surface area contributed by atoms with Crippen molar-refractivity contribution in [2.75, 3.05) is 0 Å². The molecule has 22 heavy (non-hydrogen) atoms. The molecule has 2 N–H and O–H groups in total. The SMILES string of the molecule is Cc1nc2ccc(CC(=O)NCc3ccccc3F)cc2[nH]1. The number of nitrogens with one attached hydrogen (secondary N) is 2. The van der Waals surface area contributed by atoms with Crippen LogP contribution in [-0.2, 0) is 17.8 Å². The number of H-pyrrole nitrogens is 1. The molecule has 4 nitrogen and oxygen atoms in total. The molecule has 0 fully saturated rings. The van der Waals surface area contributed by atoms with Gasteiger partial charge in [0.15, 0.2) is 0 Å². The van der Waals surface area contributed by atoms with Gasteiger partial charge in [0, 0.05) is 12.1 Å². The van der Waals surface area contributed by atoms with Gasteiger partial charge >= 0.3 is 0 Å². The van der Waals surface area contributed by atoms with Gasteiger partial charge in [-0.3, -0.25) is 4.79 Å². The molecule has 0 atom stereocenters. The molecule has 3 rings (SSSR count). The Kier molecular flexibility index (Phi) is 3.87. The predicted molar refractivity (Wildman–Crippen MR) is 82.8 cm³/mol. The molecule has 0 aliphatic rings. The van der Waals surface area contributed by atoms with Gasteiger partial charge in [0.1, 0.15) is 11.6 Å². The number of hydrogen-bond acceptors (Lipinski definition) is 2. The van der Waals surface area contributed by atoms with Gasteiger partial charge in [-0.25, -0.2) is 9.37 Å². The topological polar surface area (TPSA) is 57.8 Å². The fraction of sp³-hybridized carbons (Fsp3) is 0.176. The average molecular weight is 297 g/mol. The van der Waals surface area contributed by atoms with Gasteiger partial charge < -0.3 is 10.3 Å². The van der Waals surface area contributed by atoms with E-state index in [1.165, 1.54) is 6.07 Å². The Labute approximate surface area is 127 Å². The number of nitrogens with zero attached hydrogens (tertiary/aromatic N) is 1. The van der Waals surface area contributed by atoms with Crippen molar-refractivity contribution < 1.29 is 9.18 Å². The summed E-state index contributed by atoms with van der Waals surface area (Å²) < 4.78 is 13.5. The molecule has 3 aromatic rings. The molecule has 1 amide bonds. The van der Waals surface area contributed by atoms with E-state index in [1.54, 1.807) is 18.2 Å². The fourth-order valence-electron chi connectivity index (χ4n) is 2.38. The molecule has 0 spiro atoms. The minimum Gasteiger partial charge on any atom is -0.352 e. The molecule has 0 radical (unpaired) electrons. The van der Waals surface area contributed by atoms with E-state index in [-0.39, 0.29) is 24.7 Å². The highest BCUT2D eigenvalue weighted by atomic mass is 19.1. The lowest BCUT2D eigenvalue weighted by atomic mass is 10.1. The second-order valence-corrected chi connectivity index (χ2v) is 5.22. The zero-order chi connectivity index (χ0) is 15.5. The molecule has 1 heterocycles. The standard InChI is InChI=1S/C17H16FN3O/c1-11-20-15-7-6-12(8-16(15)21-11)9-17(22)19-10-13-4-2-3-5-14(13)18/h2-8H,9-10H2,1H3,(H,19,22)(H,20,21). The smallest absolute Gasteiger partial charge is 0.224 e. The lowest BCUT2D eigenvalue weighted by Crippen LogP contribution is -2.25. The van der Waals surface area contributed by atoms with Crippen LogP contribution in [0.1, 0.15) is 17.0 Å². The van der Waals surface area contributed by atoms with Crippen LogP contribution in [0.15, 0.2) is 42.5 Å². The number of fused-ring (bicyclic) bond motifs is 1. The van der Waals surface area contributed by atoms with Gasteiger partial charge in [0.05, 0.1) is 17.5 Å². The molecule has 0 saturated carbocycles. The number of hydrogen-bond donors (Lipinski definition) is 2. The average Bonchev–Trinajstić information content (AvgIpc) is 2.86. The van der Waals surface area contributed by atoms with Crippen molar-refractivity contribution in [3.05, 3.63) is 65.2 Å². The van der Waals surface area contributed by atoms with Crippen LogP contribution >= 0.6 is 0 Å². The number of aromatic amines is 1. The van der Waals surface area contributed by atoms with E-state index in [2.05, 4.69) is 15.3 Å². The normalized spacial score (nSPS) is 10.8. The first kappa shape index (κ1) is 14.3. The number of rotatable bonds is 4. The first-order valence-corrected chi connectivity index (χ1v) is 7.07. The van der Waals surface area contributed by atoms with E-state index >= 15 is 0 Å². The minimum absolute atomic E-state index is 0.140. The monoisotopic (exact) mass is 297 g/mol. The molecule has 112 valence electrons. The van der Waals surface area contributed by atoms with Crippen molar-refractivity contribution >= 4 is 16.9 Å². The first-order chi connectivity index (χ1) is 10.6. The molecule has 1 aromatic heterocycles. The van der Waals surface area contributed by atoms with Gasteiger partial charge in [0.2, 0.25) is 5.91 Å². The predicted octanol–water partition coefficient (Wildman–Crippen LogP) is 2.87. The number of amides is 1. The van der Waals surface area contributed by atoms with Crippen molar-refractivity contribution in [1.82, 2.24) is 15.3 Å². The highest BCUT2D eigenvalue weighted by molar-refractivity contribution is 5.81. The van der Waals surface area contributed by atoms with Crippen molar-refractivity contribution in [1.29, 1.82) is 0 Å². The minimum atomic E-state index is -0.308. The van der Waals surface area contributed by atoms with E-state index in [0.717, 1.165) is 22.4 Å². The molecule has 0 aliphatic carbocycles. The lowest BCUT2D eigenvalue weighted by molar-refractivity contribution is -0.120. The van der Waals surface area contributed by atoms with Crippen molar-refractivity contribution in [3.63, 3.8) is 0 Å². The maximum absolute atomic E-state index is 13.5. The van der Waals surface area contributed by atoms with Crippen LogP contribution in [0, 0.1) is 12.7 Å². The number of aromatic nitrogens is 2. The summed E-state index contributed by atoms with van der Waals surface area (Å²) in [5.41, 5.74) is 3.17. The first-order valence-electron chi connectivity index (χ1n) is 7.07. The molecule has 5 heteroatoms. The molecule has 0 unspecified atom stereocenters. The quantitative estimate of drug-likeness (QED) is 0.778. The van der Waals surface area contributed by atoms with Crippen LogP contribution in [0.4, 0.5) is 4.39 Å². The van der Waals surface area contributed by atoms with Crippen molar-refractivity contribution in [3.8, 4) is 0 Å². The van der Waals surface area contributed by atoms with Gasteiger partial charge in [0.25, 0.3) is 0 Å². The number of carbonyl (C=O) groups excluding carboxylic acids is 1. The van der Waals surface area contributed by atoms with Crippen LogP contribution in [0.3, 0.4) is 0 Å². The zero-order valence-electron chi connectivity index (χ0n) is 12.2. The highest BCUT2D eigenvalue weighted by Crippen LogP contribution is 2.14. The maximum Gasteiger partial charge on any atom is 0.224 e. The molecular weight excluding hydrogens is 281 g/mol. The van der Waals surface area contributed by atoms with Crippen molar-refractivity contribution in [2.24, 2.45) is 0 Å². The Hall–Kier alpha value is -2.69. The summed E-state index contributed by atoms with van der Waals surface area (Å²) in [6.07, 6.45) is 0.252.